The highest BCUT2D eigenvalue weighted by Gasteiger charge is 2.25. The van der Waals surface area contributed by atoms with Crippen molar-refractivity contribution in [3.8, 4) is 11.8 Å². The molecule has 0 radical (unpaired) electrons. The van der Waals surface area contributed by atoms with Gasteiger partial charge in [-0.1, -0.05) is 24.0 Å². The molecule has 9 nitrogen and oxygen atoms in total. The van der Waals surface area contributed by atoms with Gasteiger partial charge in [0.2, 0.25) is 5.91 Å². The van der Waals surface area contributed by atoms with Crippen LogP contribution in [0.5, 0.6) is 0 Å². The zero-order chi connectivity index (χ0) is 28.2. The summed E-state index contributed by atoms with van der Waals surface area (Å²) in [6.07, 6.45) is -0.523. The van der Waals surface area contributed by atoms with Crippen molar-refractivity contribution < 1.29 is 29.1 Å². The third kappa shape index (κ3) is 9.36. The van der Waals surface area contributed by atoms with Gasteiger partial charge in [0.25, 0.3) is 11.8 Å². The Kier molecular flexibility index (Phi) is 10.7. The number of aliphatic hydroxyl groups excluding tert-OH is 1. The summed E-state index contributed by atoms with van der Waals surface area (Å²) in [4.78, 5) is 36.1. The minimum atomic E-state index is -1.31. The summed E-state index contributed by atoms with van der Waals surface area (Å²) in [5, 5.41) is 26.6. The normalized spacial score (nSPS) is 11.9. The van der Waals surface area contributed by atoms with Gasteiger partial charge in [0.05, 0.1) is 12.6 Å². The maximum atomic E-state index is 12.9. The number of carbonyl (C=O) groups excluding carboxylic acids is 3. The molecule has 202 valence electrons. The summed E-state index contributed by atoms with van der Waals surface area (Å²) in [6, 6.07) is 18.3. The lowest BCUT2D eigenvalue weighted by Gasteiger charge is -2.19. The van der Waals surface area contributed by atoms with Crippen LogP contribution in [0.25, 0.3) is 0 Å². The molecule has 0 heterocycles. The molecule has 3 amide bonds. The number of carbonyl (C=O) groups is 3. The third-order valence-corrected chi connectivity index (χ3v) is 5.62. The van der Waals surface area contributed by atoms with Gasteiger partial charge in [-0.05, 0) is 86.1 Å². The lowest BCUT2D eigenvalue weighted by molar-refractivity contribution is -0.133. The number of nitrogens with one attached hydrogen (secondary N) is 4. The van der Waals surface area contributed by atoms with Crippen LogP contribution in [-0.4, -0.2) is 53.3 Å². The fourth-order valence-corrected chi connectivity index (χ4v) is 3.48. The van der Waals surface area contributed by atoms with E-state index in [0.717, 1.165) is 11.1 Å². The van der Waals surface area contributed by atoms with Gasteiger partial charge < -0.3 is 21.1 Å². The minimum absolute atomic E-state index is 0.144. The van der Waals surface area contributed by atoms with E-state index >= 15 is 0 Å². The summed E-state index contributed by atoms with van der Waals surface area (Å²) in [5.41, 5.74) is 4.65. The van der Waals surface area contributed by atoms with E-state index in [9.17, 15) is 23.9 Å². The first-order chi connectivity index (χ1) is 18.7. The second-order valence-corrected chi connectivity index (χ2v) is 8.67. The molecule has 3 aromatic carbocycles. The summed E-state index contributed by atoms with van der Waals surface area (Å²) < 4.78 is 12.9. The SMILES string of the molecule is C[C@@H](O)[C@H](NC(=O)c1ccc(C#Cc2ccc(NC(=O)CNCCc3ccc(F)cc3)cc2)cc1)C(=O)NO. The molecule has 0 unspecified atom stereocenters. The van der Waals surface area contributed by atoms with Crippen molar-refractivity contribution in [2.75, 3.05) is 18.4 Å². The molecule has 0 spiro atoms. The van der Waals surface area contributed by atoms with Crippen LogP contribution in [0.15, 0.2) is 72.8 Å². The number of benzene rings is 3. The van der Waals surface area contributed by atoms with Crippen molar-refractivity contribution in [2.45, 2.75) is 25.5 Å². The van der Waals surface area contributed by atoms with Gasteiger partial charge in [-0.3, -0.25) is 19.6 Å². The predicted molar refractivity (Wildman–Crippen MR) is 143 cm³/mol. The molecule has 0 aromatic heterocycles. The molecule has 0 fully saturated rings. The second-order valence-electron chi connectivity index (χ2n) is 8.67. The molecule has 0 bridgehead atoms. The van der Waals surface area contributed by atoms with Gasteiger partial charge in [0.15, 0.2) is 0 Å². The topological polar surface area (TPSA) is 140 Å². The second kappa shape index (κ2) is 14.4. The quantitative estimate of drug-likeness (QED) is 0.102. The number of amides is 3. The van der Waals surface area contributed by atoms with Crippen molar-refractivity contribution in [1.29, 1.82) is 0 Å². The van der Waals surface area contributed by atoms with Gasteiger partial charge in [-0.2, -0.15) is 0 Å². The van der Waals surface area contributed by atoms with E-state index in [4.69, 9.17) is 5.21 Å². The van der Waals surface area contributed by atoms with Crippen LogP contribution >= 0.6 is 0 Å². The molecule has 10 heteroatoms. The summed E-state index contributed by atoms with van der Waals surface area (Å²) in [7, 11) is 0. The van der Waals surface area contributed by atoms with Gasteiger partial charge in [-0.15, -0.1) is 0 Å². The Balaban J connectivity index is 1.46. The molecular weight excluding hydrogens is 503 g/mol. The molecule has 0 saturated carbocycles. The highest BCUT2D eigenvalue weighted by atomic mass is 19.1. The Morgan fingerprint density at radius 1 is 0.897 bits per heavy atom. The Morgan fingerprint density at radius 3 is 2.05 bits per heavy atom. The predicted octanol–water partition coefficient (Wildman–Crippen LogP) is 1.98. The average molecular weight is 533 g/mol. The van der Waals surface area contributed by atoms with Gasteiger partial charge in [0.1, 0.15) is 11.9 Å². The van der Waals surface area contributed by atoms with Crippen molar-refractivity contribution in [2.24, 2.45) is 0 Å². The largest absolute Gasteiger partial charge is 0.391 e. The lowest BCUT2D eigenvalue weighted by atomic mass is 10.1. The van der Waals surface area contributed by atoms with E-state index in [1.165, 1.54) is 36.7 Å². The van der Waals surface area contributed by atoms with Crippen molar-refractivity contribution in [3.05, 3.63) is 101 Å². The number of hydrogen-bond donors (Lipinski definition) is 6. The Hall–Kier alpha value is -4.56. The first-order valence-corrected chi connectivity index (χ1v) is 12.1. The molecule has 3 aromatic rings. The summed E-state index contributed by atoms with van der Waals surface area (Å²) in [6.45, 7) is 2.05. The number of rotatable bonds is 10. The maximum Gasteiger partial charge on any atom is 0.268 e. The molecular formula is C29H29FN4O5. The Bertz CT molecular complexity index is 1330. The van der Waals surface area contributed by atoms with Gasteiger partial charge in [0, 0.05) is 22.4 Å². The van der Waals surface area contributed by atoms with E-state index in [-0.39, 0.29) is 23.8 Å². The highest BCUT2D eigenvalue weighted by Crippen LogP contribution is 2.10. The van der Waals surface area contributed by atoms with E-state index in [2.05, 4.69) is 27.8 Å². The van der Waals surface area contributed by atoms with Crippen molar-refractivity contribution in [1.82, 2.24) is 16.1 Å². The zero-order valence-corrected chi connectivity index (χ0v) is 21.2. The first-order valence-electron chi connectivity index (χ1n) is 12.1. The van der Waals surface area contributed by atoms with E-state index in [0.29, 0.717) is 24.2 Å². The van der Waals surface area contributed by atoms with E-state index in [1.807, 2.05) is 0 Å². The van der Waals surface area contributed by atoms with Crippen LogP contribution in [0.4, 0.5) is 10.1 Å². The summed E-state index contributed by atoms with van der Waals surface area (Å²) in [5.74, 6) is 4.01. The van der Waals surface area contributed by atoms with Crippen molar-refractivity contribution >= 4 is 23.4 Å². The first kappa shape index (κ1) is 29.0. The number of anilines is 1. The van der Waals surface area contributed by atoms with E-state index in [1.54, 1.807) is 48.5 Å². The third-order valence-electron chi connectivity index (χ3n) is 5.62. The fraction of sp³-hybridized carbons (Fsp3) is 0.207. The number of hydroxylamine groups is 1. The zero-order valence-electron chi connectivity index (χ0n) is 21.2. The molecule has 6 N–H and O–H groups in total. The van der Waals surface area contributed by atoms with Gasteiger partial charge >= 0.3 is 0 Å². The van der Waals surface area contributed by atoms with Crippen LogP contribution in [0.2, 0.25) is 0 Å². The van der Waals surface area contributed by atoms with Crippen LogP contribution in [-0.2, 0) is 16.0 Å². The monoisotopic (exact) mass is 532 g/mol. The molecule has 2 atom stereocenters. The molecule has 0 aliphatic carbocycles. The molecule has 0 aliphatic heterocycles. The Morgan fingerprint density at radius 2 is 1.49 bits per heavy atom. The van der Waals surface area contributed by atoms with Gasteiger partial charge in [-0.25, -0.2) is 9.87 Å². The van der Waals surface area contributed by atoms with E-state index < -0.39 is 24.0 Å². The molecule has 0 saturated heterocycles. The number of hydrogen-bond acceptors (Lipinski definition) is 6. The molecule has 3 rings (SSSR count). The highest BCUT2D eigenvalue weighted by molar-refractivity contribution is 5.97. The molecule has 39 heavy (non-hydrogen) atoms. The van der Waals surface area contributed by atoms with Crippen LogP contribution in [0.3, 0.4) is 0 Å². The lowest BCUT2D eigenvalue weighted by Crippen LogP contribution is -2.51. The van der Waals surface area contributed by atoms with Crippen LogP contribution < -0.4 is 21.4 Å². The standard InChI is InChI=1S/C29H29FN4O5/c1-19(35)27(29(38)34-39)33-28(37)23-10-4-20(5-11-23)2-3-21-8-14-25(15-9-21)32-26(36)18-31-17-16-22-6-12-24(30)13-7-22/h4-15,19,27,31,35,39H,16-18H2,1H3,(H,32,36)(H,33,37)(H,34,38)/t19-,27+/m1/s1. The van der Waals surface area contributed by atoms with Crippen LogP contribution in [0.1, 0.15) is 34.0 Å². The maximum absolute atomic E-state index is 12.9. The summed E-state index contributed by atoms with van der Waals surface area (Å²) >= 11 is 0. The number of halogens is 1. The minimum Gasteiger partial charge on any atom is -0.391 e. The fourth-order valence-electron chi connectivity index (χ4n) is 3.48. The Labute approximate surface area is 225 Å². The van der Waals surface area contributed by atoms with Crippen LogP contribution in [0, 0.1) is 17.7 Å². The number of aliphatic hydroxyl groups is 1. The van der Waals surface area contributed by atoms with Crippen molar-refractivity contribution in [3.63, 3.8) is 0 Å². The smallest absolute Gasteiger partial charge is 0.268 e. The average Bonchev–Trinajstić information content (AvgIpc) is 2.94. The molecule has 0 aliphatic rings.